The molecule has 1 fully saturated rings. The second-order valence-electron chi connectivity index (χ2n) is 9.06. The van der Waals surface area contributed by atoms with Gasteiger partial charge >= 0.3 is 6.09 Å². The van der Waals surface area contributed by atoms with E-state index in [1.54, 1.807) is 11.1 Å². The molecule has 1 aromatic heterocycles. The Labute approximate surface area is 206 Å². The van der Waals surface area contributed by atoms with E-state index in [9.17, 15) is 9.59 Å². The van der Waals surface area contributed by atoms with Gasteiger partial charge in [0.05, 0.1) is 17.6 Å². The van der Waals surface area contributed by atoms with Crippen LogP contribution in [0.3, 0.4) is 0 Å². The maximum atomic E-state index is 12.0. The number of nitrogens with one attached hydrogen (secondary N) is 1. The van der Waals surface area contributed by atoms with Gasteiger partial charge in [-0.2, -0.15) is 4.98 Å². The predicted molar refractivity (Wildman–Crippen MR) is 135 cm³/mol. The molecule has 1 N–H and O–H groups in total. The van der Waals surface area contributed by atoms with Gasteiger partial charge in [-0.05, 0) is 37.5 Å². The summed E-state index contributed by atoms with van der Waals surface area (Å²) in [5.41, 5.74) is 3.18. The second kappa shape index (κ2) is 10.4. The fourth-order valence-electron chi connectivity index (χ4n) is 4.69. The van der Waals surface area contributed by atoms with Gasteiger partial charge in [-0.15, -0.1) is 0 Å². The SMILES string of the molecule is C=CC(=O)N(C)C1CN(C(CC)c2ccc([C@H](C)Nc3ncc4c(n3)N(CC)C(=O)OC4)cc2)C1. The van der Waals surface area contributed by atoms with Crippen molar-refractivity contribution in [3.63, 3.8) is 0 Å². The Balaban J connectivity index is 1.40. The molecule has 3 heterocycles. The average molecular weight is 479 g/mol. The minimum absolute atomic E-state index is 0.0141. The molecule has 0 saturated carbocycles. The summed E-state index contributed by atoms with van der Waals surface area (Å²) in [5, 5.41) is 3.35. The molecule has 0 spiro atoms. The van der Waals surface area contributed by atoms with Crippen molar-refractivity contribution in [1.29, 1.82) is 0 Å². The van der Waals surface area contributed by atoms with Gasteiger partial charge in [0.25, 0.3) is 0 Å². The number of fused-ring (bicyclic) bond motifs is 1. The number of likely N-dealkylation sites (tertiary alicyclic amines) is 1. The van der Waals surface area contributed by atoms with Crippen molar-refractivity contribution in [2.75, 3.05) is 36.9 Å². The number of carbonyl (C=O) groups excluding carboxylic acids is 2. The number of cyclic esters (lactones) is 1. The smallest absolute Gasteiger partial charge is 0.415 e. The third-order valence-electron chi connectivity index (χ3n) is 6.94. The van der Waals surface area contributed by atoms with Crippen molar-refractivity contribution >= 4 is 23.8 Å². The van der Waals surface area contributed by atoms with Gasteiger partial charge in [0.1, 0.15) is 12.4 Å². The lowest BCUT2D eigenvalue weighted by atomic mass is 9.95. The molecule has 0 aliphatic carbocycles. The number of hydrogen-bond acceptors (Lipinski definition) is 7. The normalized spacial score (nSPS) is 17.6. The summed E-state index contributed by atoms with van der Waals surface area (Å²) in [6, 6.07) is 9.16. The minimum Gasteiger partial charge on any atom is -0.444 e. The van der Waals surface area contributed by atoms with Crippen LogP contribution in [0.4, 0.5) is 16.6 Å². The third kappa shape index (κ3) is 5.00. The van der Waals surface area contributed by atoms with E-state index < -0.39 is 0 Å². The number of hydrogen-bond donors (Lipinski definition) is 1. The van der Waals surface area contributed by atoms with E-state index in [-0.39, 0.29) is 30.7 Å². The molecule has 0 radical (unpaired) electrons. The maximum absolute atomic E-state index is 12.0. The zero-order valence-corrected chi connectivity index (χ0v) is 20.9. The number of carbonyl (C=O) groups is 2. The van der Waals surface area contributed by atoms with Gasteiger partial charge in [-0.25, -0.2) is 9.78 Å². The molecule has 2 aliphatic heterocycles. The molecule has 9 nitrogen and oxygen atoms in total. The van der Waals surface area contributed by atoms with Crippen LogP contribution in [0.15, 0.2) is 43.1 Å². The van der Waals surface area contributed by atoms with Crippen LogP contribution in [0.25, 0.3) is 0 Å². The molecule has 9 heteroatoms. The van der Waals surface area contributed by atoms with E-state index in [2.05, 4.69) is 64.9 Å². The predicted octanol–water partition coefficient (Wildman–Crippen LogP) is 3.91. The summed E-state index contributed by atoms with van der Waals surface area (Å²) in [6.07, 6.45) is 3.70. The van der Waals surface area contributed by atoms with Crippen molar-refractivity contribution < 1.29 is 14.3 Å². The summed E-state index contributed by atoms with van der Waals surface area (Å²) in [7, 11) is 1.84. The molecule has 35 heavy (non-hydrogen) atoms. The first-order chi connectivity index (χ1) is 16.9. The number of rotatable bonds is 9. The lowest BCUT2D eigenvalue weighted by Crippen LogP contribution is -2.60. The molecule has 2 amide bonds. The molecular formula is C26H34N6O3. The first kappa shape index (κ1) is 24.7. The van der Waals surface area contributed by atoms with E-state index in [0.717, 1.165) is 30.6 Å². The zero-order valence-electron chi connectivity index (χ0n) is 20.9. The first-order valence-electron chi connectivity index (χ1n) is 12.2. The fraction of sp³-hybridized carbons (Fsp3) is 0.462. The van der Waals surface area contributed by atoms with E-state index in [1.807, 2.05) is 14.0 Å². The van der Waals surface area contributed by atoms with Crippen LogP contribution >= 0.6 is 0 Å². The number of aromatic nitrogens is 2. The zero-order chi connectivity index (χ0) is 25.1. The molecular weight excluding hydrogens is 444 g/mol. The topological polar surface area (TPSA) is 90.9 Å². The Morgan fingerprint density at radius 2 is 1.97 bits per heavy atom. The van der Waals surface area contributed by atoms with Gasteiger partial charge < -0.3 is 15.0 Å². The number of likely N-dealkylation sites (N-methyl/N-ethyl adjacent to an activating group) is 1. The number of anilines is 2. The Hall–Kier alpha value is -3.46. The van der Waals surface area contributed by atoms with Gasteiger partial charge in [-0.3, -0.25) is 14.6 Å². The highest BCUT2D eigenvalue weighted by Crippen LogP contribution is 2.32. The van der Waals surface area contributed by atoms with Crippen molar-refractivity contribution in [3.8, 4) is 0 Å². The molecule has 186 valence electrons. The number of amides is 2. The summed E-state index contributed by atoms with van der Waals surface area (Å²) < 4.78 is 5.16. The van der Waals surface area contributed by atoms with Gasteiger partial charge in [0.15, 0.2) is 0 Å². The van der Waals surface area contributed by atoms with Crippen molar-refractivity contribution in [3.05, 3.63) is 59.8 Å². The van der Waals surface area contributed by atoms with Gasteiger partial charge in [0, 0.05) is 38.9 Å². The highest BCUT2D eigenvalue weighted by atomic mass is 16.6. The summed E-state index contributed by atoms with van der Waals surface area (Å²) in [5.74, 6) is 1.05. The summed E-state index contributed by atoms with van der Waals surface area (Å²) >= 11 is 0. The number of benzene rings is 1. The quantitative estimate of drug-likeness (QED) is 0.547. The maximum Gasteiger partial charge on any atom is 0.415 e. The highest BCUT2D eigenvalue weighted by molar-refractivity contribution is 5.89. The number of ether oxygens (including phenoxy) is 1. The lowest BCUT2D eigenvalue weighted by molar-refractivity contribution is -0.130. The average Bonchev–Trinajstić information content (AvgIpc) is 2.85. The lowest BCUT2D eigenvalue weighted by Gasteiger charge is -2.47. The van der Waals surface area contributed by atoms with Gasteiger partial charge in [0.2, 0.25) is 11.9 Å². The standard InChI is InChI=1S/C26H34N6O3/c1-6-22(31-14-21(15-31)30(5)23(33)7-2)19-11-9-18(10-12-19)17(4)28-25-27-13-20-16-35-26(34)32(8-3)24(20)29-25/h7,9-13,17,21-22H,2,6,8,14-16H2,1,3-5H3,(H,27,28,29)/t17-,22?/m0/s1. The Kier molecular flexibility index (Phi) is 7.35. The molecule has 1 saturated heterocycles. The van der Waals surface area contributed by atoms with Crippen LogP contribution < -0.4 is 10.2 Å². The van der Waals surface area contributed by atoms with E-state index >= 15 is 0 Å². The van der Waals surface area contributed by atoms with Gasteiger partial charge in [-0.1, -0.05) is 37.8 Å². The Morgan fingerprint density at radius 1 is 1.29 bits per heavy atom. The fourth-order valence-corrected chi connectivity index (χ4v) is 4.69. The third-order valence-corrected chi connectivity index (χ3v) is 6.94. The van der Waals surface area contributed by atoms with Crippen molar-refractivity contribution in [1.82, 2.24) is 19.8 Å². The van der Waals surface area contributed by atoms with E-state index in [4.69, 9.17) is 4.74 Å². The van der Waals surface area contributed by atoms with Crippen LogP contribution in [-0.4, -0.2) is 64.5 Å². The van der Waals surface area contributed by atoms with E-state index in [1.165, 1.54) is 16.5 Å². The molecule has 2 aliphatic rings. The van der Waals surface area contributed by atoms with E-state index in [0.29, 0.717) is 24.4 Å². The van der Waals surface area contributed by atoms with Crippen LogP contribution in [0.1, 0.15) is 56.0 Å². The minimum atomic E-state index is -0.383. The van der Waals surface area contributed by atoms with Crippen molar-refractivity contribution in [2.45, 2.75) is 51.9 Å². The largest absolute Gasteiger partial charge is 0.444 e. The van der Waals surface area contributed by atoms with Crippen LogP contribution in [0.5, 0.6) is 0 Å². The van der Waals surface area contributed by atoms with Crippen LogP contribution in [0.2, 0.25) is 0 Å². The molecule has 2 aromatic rings. The molecule has 1 unspecified atom stereocenters. The molecule has 2 atom stereocenters. The molecule has 4 rings (SSSR count). The van der Waals surface area contributed by atoms with Crippen molar-refractivity contribution in [2.24, 2.45) is 0 Å². The highest BCUT2D eigenvalue weighted by Gasteiger charge is 2.35. The number of nitrogens with zero attached hydrogens (tertiary/aromatic N) is 5. The molecule has 0 bridgehead atoms. The van der Waals surface area contributed by atoms with Crippen LogP contribution in [0, 0.1) is 0 Å². The summed E-state index contributed by atoms with van der Waals surface area (Å²) in [6.45, 7) is 12.1. The molecule has 1 aromatic carbocycles. The monoisotopic (exact) mass is 478 g/mol. The summed E-state index contributed by atoms with van der Waals surface area (Å²) in [4.78, 5) is 38.6. The Bertz CT molecular complexity index is 1080. The van der Waals surface area contributed by atoms with Crippen LogP contribution in [-0.2, 0) is 16.1 Å². The Morgan fingerprint density at radius 3 is 2.60 bits per heavy atom. The first-order valence-corrected chi connectivity index (χ1v) is 12.2. The second-order valence-corrected chi connectivity index (χ2v) is 9.06.